The molecule has 0 aliphatic carbocycles. The Balaban J connectivity index is 1.71. The lowest BCUT2D eigenvalue weighted by Crippen LogP contribution is -2.29. The van der Waals surface area contributed by atoms with E-state index >= 15 is 0 Å². The molecule has 24 heavy (non-hydrogen) atoms. The topological polar surface area (TPSA) is 77.0 Å². The number of fused-ring (bicyclic) bond motifs is 1. The van der Waals surface area contributed by atoms with Gasteiger partial charge in [-0.2, -0.15) is 0 Å². The molecule has 0 fully saturated rings. The molecule has 0 unspecified atom stereocenters. The molecule has 0 saturated carbocycles. The van der Waals surface area contributed by atoms with Crippen molar-refractivity contribution in [2.45, 2.75) is 12.6 Å². The van der Waals surface area contributed by atoms with Gasteiger partial charge in [-0.3, -0.25) is 4.79 Å². The zero-order chi connectivity index (χ0) is 16.9. The maximum absolute atomic E-state index is 12.1. The Labute approximate surface area is 140 Å². The van der Waals surface area contributed by atoms with Crippen molar-refractivity contribution in [3.05, 3.63) is 53.6 Å². The molecule has 126 valence electrons. The standard InChI is InChI=1S/C18H19NO5/c1-22-14-10-16-15(23-7-8-24-16)9-13(14)11-19-18(21)17(20)12-5-3-2-4-6-12/h2-6,9-10,17,20H,7-8,11H2,1H3,(H,19,21)/t17-/m1/s1. The molecule has 0 aromatic heterocycles. The molecule has 1 aliphatic heterocycles. The zero-order valence-electron chi connectivity index (χ0n) is 13.3. The number of carbonyl (C=O) groups is 1. The van der Waals surface area contributed by atoms with Crippen LogP contribution in [0.4, 0.5) is 0 Å². The molecular weight excluding hydrogens is 310 g/mol. The van der Waals surface area contributed by atoms with E-state index in [1.54, 1.807) is 43.5 Å². The fraction of sp³-hybridized carbons (Fsp3) is 0.278. The number of hydrogen-bond donors (Lipinski definition) is 2. The molecule has 0 saturated heterocycles. The smallest absolute Gasteiger partial charge is 0.253 e. The summed E-state index contributed by atoms with van der Waals surface area (Å²) in [4.78, 5) is 12.1. The normalized spacial score (nSPS) is 13.9. The van der Waals surface area contributed by atoms with Crippen molar-refractivity contribution in [2.75, 3.05) is 20.3 Å². The number of aliphatic hydroxyl groups is 1. The second kappa shape index (κ2) is 7.23. The second-order valence-electron chi connectivity index (χ2n) is 5.34. The summed E-state index contributed by atoms with van der Waals surface area (Å²) in [5.74, 6) is 1.36. The molecule has 1 heterocycles. The molecule has 2 N–H and O–H groups in total. The minimum Gasteiger partial charge on any atom is -0.496 e. The SMILES string of the molecule is COc1cc2c(cc1CNC(=O)[C@H](O)c1ccccc1)OCCO2. The van der Waals surface area contributed by atoms with Crippen LogP contribution in [-0.4, -0.2) is 31.3 Å². The van der Waals surface area contributed by atoms with E-state index in [0.717, 1.165) is 5.56 Å². The van der Waals surface area contributed by atoms with Gasteiger partial charge in [-0.25, -0.2) is 0 Å². The lowest BCUT2D eigenvalue weighted by atomic mass is 10.1. The Morgan fingerprint density at radius 3 is 2.54 bits per heavy atom. The van der Waals surface area contributed by atoms with Gasteiger partial charge in [-0.05, 0) is 11.6 Å². The third kappa shape index (κ3) is 3.44. The Kier molecular flexibility index (Phi) is 4.86. The van der Waals surface area contributed by atoms with Crippen LogP contribution in [0.15, 0.2) is 42.5 Å². The minimum atomic E-state index is -1.21. The molecule has 0 bridgehead atoms. The lowest BCUT2D eigenvalue weighted by molar-refractivity contribution is -0.129. The van der Waals surface area contributed by atoms with Crippen molar-refractivity contribution in [3.63, 3.8) is 0 Å². The summed E-state index contributed by atoms with van der Waals surface area (Å²) in [7, 11) is 1.55. The van der Waals surface area contributed by atoms with E-state index in [2.05, 4.69) is 5.32 Å². The summed E-state index contributed by atoms with van der Waals surface area (Å²) >= 11 is 0. The van der Waals surface area contributed by atoms with Crippen LogP contribution < -0.4 is 19.5 Å². The van der Waals surface area contributed by atoms with Gasteiger partial charge in [-0.1, -0.05) is 30.3 Å². The quantitative estimate of drug-likeness (QED) is 0.875. The van der Waals surface area contributed by atoms with Gasteiger partial charge < -0.3 is 24.6 Å². The van der Waals surface area contributed by atoms with Crippen LogP contribution in [0.25, 0.3) is 0 Å². The first-order chi connectivity index (χ1) is 11.7. The summed E-state index contributed by atoms with van der Waals surface area (Å²) in [6.07, 6.45) is -1.21. The Morgan fingerprint density at radius 1 is 1.21 bits per heavy atom. The Hall–Kier alpha value is -2.73. The van der Waals surface area contributed by atoms with Crippen LogP contribution in [-0.2, 0) is 11.3 Å². The fourth-order valence-corrected chi connectivity index (χ4v) is 2.51. The van der Waals surface area contributed by atoms with Gasteiger partial charge in [0.1, 0.15) is 19.0 Å². The predicted octanol–water partition coefficient (Wildman–Crippen LogP) is 1.82. The Morgan fingerprint density at radius 2 is 1.88 bits per heavy atom. The van der Waals surface area contributed by atoms with Crippen LogP contribution in [0.3, 0.4) is 0 Å². The van der Waals surface area contributed by atoms with Crippen LogP contribution >= 0.6 is 0 Å². The van der Waals surface area contributed by atoms with Crippen LogP contribution in [0.2, 0.25) is 0 Å². The summed E-state index contributed by atoms with van der Waals surface area (Å²) in [5, 5.41) is 12.8. The summed E-state index contributed by atoms with van der Waals surface area (Å²) < 4.78 is 16.4. The molecule has 2 aromatic rings. The number of nitrogens with one attached hydrogen (secondary N) is 1. The van der Waals surface area contributed by atoms with E-state index in [-0.39, 0.29) is 6.54 Å². The van der Waals surface area contributed by atoms with E-state index < -0.39 is 12.0 Å². The van der Waals surface area contributed by atoms with Crippen LogP contribution in [0.5, 0.6) is 17.2 Å². The molecule has 2 aromatic carbocycles. The Bertz CT molecular complexity index is 717. The number of hydrogen-bond acceptors (Lipinski definition) is 5. The van der Waals surface area contributed by atoms with Gasteiger partial charge in [0.15, 0.2) is 17.6 Å². The highest BCUT2D eigenvalue weighted by atomic mass is 16.6. The highest BCUT2D eigenvalue weighted by Gasteiger charge is 2.19. The van der Waals surface area contributed by atoms with Crippen molar-refractivity contribution in [2.24, 2.45) is 0 Å². The van der Waals surface area contributed by atoms with Gasteiger partial charge >= 0.3 is 0 Å². The molecule has 1 amide bonds. The molecule has 6 nitrogen and oxygen atoms in total. The number of methoxy groups -OCH3 is 1. The van der Waals surface area contributed by atoms with Gasteiger partial charge in [0.25, 0.3) is 5.91 Å². The highest BCUT2D eigenvalue weighted by Crippen LogP contribution is 2.36. The number of ether oxygens (including phenoxy) is 3. The third-order valence-corrected chi connectivity index (χ3v) is 3.76. The van der Waals surface area contributed by atoms with Gasteiger partial charge in [0.05, 0.1) is 7.11 Å². The molecular formula is C18H19NO5. The lowest BCUT2D eigenvalue weighted by Gasteiger charge is -2.21. The van der Waals surface area contributed by atoms with Crippen molar-refractivity contribution in [1.82, 2.24) is 5.32 Å². The van der Waals surface area contributed by atoms with Gasteiger partial charge in [0, 0.05) is 18.2 Å². The van der Waals surface area contributed by atoms with Crippen molar-refractivity contribution in [3.8, 4) is 17.2 Å². The molecule has 0 spiro atoms. The first kappa shape index (κ1) is 16.1. The van der Waals surface area contributed by atoms with Crippen molar-refractivity contribution >= 4 is 5.91 Å². The van der Waals surface area contributed by atoms with Crippen LogP contribution in [0, 0.1) is 0 Å². The maximum atomic E-state index is 12.1. The van der Waals surface area contributed by atoms with Gasteiger partial charge in [0.2, 0.25) is 0 Å². The first-order valence-electron chi connectivity index (χ1n) is 7.66. The number of amides is 1. The van der Waals surface area contributed by atoms with Crippen molar-refractivity contribution in [1.29, 1.82) is 0 Å². The van der Waals surface area contributed by atoms with E-state index in [4.69, 9.17) is 14.2 Å². The maximum Gasteiger partial charge on any atom is 0.253 e. The average Bonchev–Trinajstić information content (AvgIpc) is 2.65. The number of carbonyl (C=O) groups excluding carboxylic acids is 1. The van der Waals surface area contributed by atoms with E-state index in [1.807, 2.05) is 6.07 Å². The van der Waals surface area contributed by atoms with E-state index in [9.17, 15) is 9.90 Å². The predicted molar refractivity (Wildman–Crippen MR) is 87.2 cm³/mol. The average molecular weight is 329 g/mol. The molecule has 0 radical (unpaired) electrons. The van der Waals surface area contributed by atoms with E-state index in [0.29, 0.717) is 36.0 Å². The molecule has 3 rings (SSSR count). The highest BCUT2D eigenvalue weighted by molar-refractivity contribution is 5.82. The second-order valence-corrected chi connectivity index (χ2v) is 5.34. The number of benzene rings is 2. The molecule has 6 heteroatoms. The van der Waals surface area contributed by atoms with Crippen LogP contribution in [0.1, 0.15) is 17.2 Å². The fourth-order valence-electron chi connectivity index (χ4n) is 2.51. The largest absolute Gasteiger partial charge is 0.496 e. The summed E-state index contributed by atoms with van der Waals surface area (Å²) in [5.41, 5.74) is 1.29. The summed E-state index contributed by atoms with van der Waals surface area (Å²) in [6.45, 7) is 1.19. The minimum absolute atomic E-state index is 0.211. The molecule has 1 atom stereocenters. The third-order valence-electron chi connectivity index (χ3n) is 3.76. The first-order valence-corrected chi connectivity index (χ1v) is 7.66. The summed E-state index contributed by atoms with van der Waals surface area (Å²) in [6, 6.07) is 12.3. The van der Waals surface area contributed by atoms with Crippen molar-refractivity contribution < 1.29 is 24.1 Å². The number of aliphatic hydroxyl groups excluding tert-OH is 1. The monoisotopic (exact) mass is 329 g/mol. The zero-order valence-corrected chi connectivity index (χ0v) is 13.3. The molecule has 1 aliphatic rings. The van der Waals surface area contributed by atoms with E-state index in [1.165, 1.54) is 0 Å². The number of rotatable bonds is 5. The van der Waals surface area contributed by atoms with Gasteiger partial charge in [-0.15, -0.1) is 0 Å².